The lowest BCUT2D eigenvalue weighted by atomic mass is 9.87. The molecule has 0 saturated carbocycles. The minimum atomic E-state index is -1.06. The molecule has 10 nitrogen and oxygen atoms in total. The lowest BCUT2D eigenvalue weighted by Gasteiger charge is -2.28. The molecule has 0 amide bonds. The fourth-order valence-corrected chi connectivity index (χ4v) is 5.91. The van der Waals surface area contributed by atoms with Gasteiger partial charge in [0.05, 0.1) is 59.6 Å². The monoisotopic (exact) mass is 636 g/mol. The molecule has 7 rings (SSSR count). The quantitative estimate of drug-likeness (QED) is 0.193. The molecule has 47 heavy (non-hydrogen) atoms. The number of fused-ring (bicyclic) bond motifs is 1. The number of nitrogens with zero attached hydrogens (tertiary/aromatic N) is 6. The Labute approximate surface area is 268 Å². The molecule has 1 fully saturated rings. The van der Waals surface area contributed by atoms with Crippen molar-refractivity contribution in [3.8, 4) is 22.8 Å². The Hall–Kier alpha value is -5.49. The first-order chi connectivity index (χ1) is 22.7. The van der Waals surface area contributed by atoms with Gasteiger partial charge < -0.3 is 19.1 Å². The number of aromatic carboxylic acids is 1. The number of halogens is 2. The highest BCUT2D eigenvalue weighted by atomic mass is 19.1. The topological polar surface area (TPSA) is 117 Å². The maximum absolute atomic E-state index is 15.7. The summed E-state index contributed by atoms with van der Waals surface area (Å²) >= 11 is 0. The first-order valence-electron chi connectivity index (χ1n) is 15.0. The van der Waals surface area contributed by atoms with E-state index in [9.17, 15) is 9.90 Å². The SMILES string of the molecule is CC1(C)COCC1n1c(Cc2cc(F)c(-c3cccc(OCc4ccc(-n5ccnn5)cc4)n3)cc2F)nc2ccc(C(=O)O)cc21. The standard InChI is InChI=1S/C35H30F2N6O4/c1-35(2)20-46-19-31(35)43-30-15-22(34(44)45)8-11-29(30)39-32(43)16-23-14-27(37)25(17-26(23)36)28-4-3-5-33(40-28)47-18-21-6-9-24(10-7-21)42-13-12-38-41-42/h3-15,17,31H,16,18-20H2,1-2H3,(H,44,45). The predicted molar refractivity (Wildman–Crippen MR) is 168 cm³/mol. The van der Waals surface area contributed by atoms with Crippen LogP contribution < -0.4 is 4.74 Å². The number of carboxylic acids is 1. The van der Waals surface area contributed by atoms with Gasteiger partial charge in [-0.2, -0.15) is 0 Å². The molecule has 0 aliphatic carbocycles. The lowest BCUT2D eigenvalue weighted by Crippen LogP contribution is -2.27. The third-order valence-corrected chi connectivity index (χ3v) is 8.47. The van der Waals surface area contributed by atoms with Crippen molar-refractivity contribution in [2.75, 3.05) is 13.2 Å². The number of aromatic nitrogens is 6. The number of benzene rings is 3. The lowest BCUT2D eigenvalue weighted by molar-refractivity contribution is 0.0697. The highest BCUT2D eigenvalue weighted by molar-refractivity contribution is 5.92. The number of rotatable bonds is 9. The van der Waals surface area contributed by atoms with Crippen LogP contribution in [0.5, 0.6) is 5.88 Å². The first-order valence-corrected chi connectivity index (χ1v) is 15.0. The third kappa shape index (κ3) is 5.95. The summed E-state index contributed by atoms with van der Waals surface area (Å²) in [6.45, 7) is 5.22. The van der Waals surface area contributed by atoms with Gasteiger partial charge in [0.15, 0.2) is 0 Å². The normalized spacial score (nSPS) is 15.7. The van der Waals surface area contributed by atoms with Gasteiger partial charge in [-0.05, 0) is 59.7 Å². The number of carbonyl (C=O) groups is 1. The van der Waals surface area contributed by atoms with Gasteiger partial charge in [0.25, 0.3) is 0 Å². The van der Waals surface area contributed by atoms with E-state index in [1.165, 1.54) is 12.1 Å². The number of ether oxygens (including phenoxy) is 2. The van der Waals surface area contributed by atoms with Crippen LogP contribution in [-0.2, 0) is 17.8 Å². The molecule has 1 N–H and O–H groups in total. The number of hydrogen-bond donors (Lipinski definition) is 1. The van der Waals surface area contributed by atoms with Crippen LogP contribution in [0.3, 0.4) is 0 Å². The van der Waals surface area contributed by atoms with Gasteiger partial charge in [-0.15, -0.1) is 5.10 Å². The van der Waals surface area contributed by atoms with Crippen LogP contribution in [0.25, 0.3) is 28.0 Å². The van der Waals surface area contributed by atoms with Gasteiger partial charge in [-0.3, -0.25) is 0 Å². The molecule has 3 aromatic heterocycles. The molecule has 238 valence electrons. The van der Waals surface area contributed by atoms with E-state index < -0.39 is 17.6 Å². The summed E-state index contributed by atoms with van der Waals surface area (Å²) in [6, 6.07) is 19.3. The van der Waals surface area contributed by atoms with E-state index in [-0.39, 0.29) is 52.7 Å². The minimum Gasteiger partial charge on any atom is -0.478 e. The second kappa shape index (κ2) is 12.0. The summed E-state index contributed by atoms with van der Waals surface area (Å²) in [5, 5.41) is 17.4. The van der Waals surface area contributed by atoms with Gasteiger partial charge in [0, 0.05) is 23.5 Å². The van der Waals surface area contributed by atoms with E-state index in [1.807, 2.05) is 28.8 Å². The number of carboxylic acid groups (broad SMARTS) is 1. The van der Waals surface area contributed by atoms with Crippen molar-refractivity contribution in [3.05, 3.63) is 119 Å². The Kier molecular flexibility index (Phi) is 7.72. The Balaban J connectivity index is 1.14. The first kappa shape index (κ1) is 30.2. The molecule has 6 aromatic rings. The van der Waals surface area contributed by atoms with Crippen molar-refractivity contribution in [3.63, 3.8) is 0 Å². The average Bonchev–Trinajstić information content (AvgIpc) is 3.80. The van der Waals surface area contributed by atoms with E-state index in [4.69, 9.17) is 14.5 Å². The number of pyridine rings is 1. The second-order valence-electron chi connectivity index (χ2n) is 12.2. The van der Waals surface area contributed by atoms with E-state index in [0.29, 0.717) is 30.1 Å². The molecule has 1 saturated heterocycles. The fraction of sp³-hybridized carbons (Fsp3) is 0.229. The van der Waals surface area contributed by atoms with E-state index in [1.54, 1.807) is 47.4 Å². The average molecular weight is 637 g/mol. The zero-order valence-electron chi connectivity index (χ0n) is 25.6. The molecule has 4 heterocycles. The highest BCUT2D eigenvalue weighted by Gasteiger charge is 2.39. The largest absolute Gasteiger partial charge is 0.478 e. The maximum atomic E-state index is 15.7. The molecule has 0 radical (unpaired) electrons. The molecular formula is C35H30F2N6O4. The summed E-state index contributed by atoms with van der Waals surface area (Å²) in [6.07, 6.45) is 3.33. The van der Waals surface area contributed by atoms with Crippen molar-refractivity contribution in [2.24, 2.45) is 5.41 Å². The van der Waals surface area contributed by atoms with E-state index in [2.05, 4.69) is 29.1 Å². The smallest absolute Gasteiger partial charge is 0.335 e. The molecule has 12 heteroatoms. The van der Waals surface area contributed by atoms with Crippen LogP contribution in [0, 0.1) is 17.0 Å². The zero-order valence-corrected chi connectivity index (χ0v) is 25.6. The summed E-state index contributed by atoms with van der Waals surface area (Å²) in [4.78, 5) is 20.9. The summed E-state index contributed by atoms with van der Waals surface area (Å²) in [5.41, 5.74) is 3.07. The van der Waals surface area contributed by atoms with E-state index in [0.717, 1.165) is 17.3 Å². The van der Waals surface area contributed by atoms with Crippen molar-refractivity contribution in [1.82, 2.24) is 29.5 Å². The zero-order chi connectivity index (χ0) is 32.7. The van der Waals surface area contributed by atoms with Crippen molar-refractivity contribution in [1.29, 1.82) is 0 Å². The molecular weight excluding hydrogens is 606 g/mol. The molecule has 0 bridgehead atoms. The molecule has 1 aliphatic rings. The van der Waals surface area contributed by atoms with Crippen LogP contribution in [0.4, 0.5) is 8.78 Å². The summed E-state index contributed by atoms with van der Waals surface area (Å²) < 4.78 is 46.6. The number of imidazole rings is 1. The Bertz CT molecular complexity index is 2090. The minimum absolute atomic E-state index is 0.00110. The van der Waals surface area contributed by atoms with Gasteiger partial charge in [-0.1, -0.05) is 37.3 Å². The van der Waals surface area contributed by atoms with Crippen molar-refractivity contribution in [2.45, 2.75) is 32.9 Å². The van der Waals surface area contributed by atoms with Crippen LogP contribution in [0.15, 0.2) is 85.2 Å². The summed E-state index contributed by atoms with van der Waals surface area (Å²) in [5.74, 6) is -1.57. The predicted octanol–water partition coefficient (Wildman–Crippen LogP) is 6.42. The Morgan fingerprint density at radius 3 is 2.60 bits per heavy atom. The van der Waals surface area contributed by atoms with Crippen molar-refractivity contribution >= 4 is 17.0 Å². The van der Waals surface area contributed by atoms with Gasteiger partial charge in [0.2, 0.25) is 5.88 Å². The van der Waals surface area contributed by atoms with Crippen LogP contribution in [0.1, 0.15) is 47.2 Å². The van der Waals surface area contributed by atoms with Gasteiger partial charge in [-0.25, -0.2) is 28.2 Å². The fourth-order valence-electron chi connectivity index (χ4n) is 5.91. The van der Waals surface area contributed by atoms with Crippen LogP contribution in [0.2, 0.25) is 0 Å². The van der Waals surface area contributed by atoms with Crippen LogP contribution in [-0.4, -0.2) is 53.8 Å². The van der Waals surface area contributed by atoms with Crippen LogP contribution >= 0.6 is 0 Å². The molecule has 0 spiro atoms. The molecule has 1 aliphatic heterocycles. The maximum Gasteiger partial charge on any atom is 0.335 e. The Morgan fingerprint density at radius 2 is 1.87 bits per heavy atom. The molecule has 3 aromatic carbocycles. The van der Waals surface area contributed by atoms with Crippen molar-refractivity contribution < 1.29 is 28.2 Å². The summed E-state index contributed by atoms with van der Waals surface area (Å²) in [7, 11) is 0. The third-order valence-electron chi connectivity index (χ3n) is 8.47. The molecule has 1 atom stereocenters. The van der Waals surface area contributed by atoms with Gasteiger partial charge >= 0.3 is 5.97 Å². The number of hydrogen-bond acceptors (Lipinski definition) is 7. The molecule has 1 unspecified atom stereocenters. The van der Waals surface area contributed by atoms with Gasteiger partial charge in [0.1, 0.15) is 24.1 Å². The highest BCUT2D eigenvalue weighted by Crippen LogP contribution is 2.40. The second-order valence-corrected chi connectivity index (χ2v) is 12.2. The van der Waals surface area contributed by atoms with E-state index >= 15 is 8.78 Å². The Morgan fingerprint density at radius 1 is 1.04 bits per heavy atom.